The fraction of sp³-hybridized carbons (Fsp3) is 0.0667. The van der Waals surface area contributed by atoms with Crippen LogP contribution in [0.2, 0.25) is 0 Å². The van der Waals surface area contributed by atoms with Gasteiger partial charge in [-0.05, 0) is 18.2 Å². The van der Waals surface area contributed by atoms with Crippen LogP contribution in [0.4, 0.5) is 8.78 Å². The highest BCUT2D eigenvalue weighted by Crippen LogP contribution is 2.24. The number of benzene rings is 1. The Labute approximate surface area is 133 Å². The number of pyridine rings is 1. The minimum atomic E-state index is -0.831. The molecule has 0 radical (unpaired) electrons. The van der Waals surface area contributed by atoms with Gasteiger partial charge in [0.15, 0.2) is 5.82 Å². The molecule has 9 heteroatoms. The number of aromatic amines is 1. The molecule has 0 fully saturated rings. The van der Waals surface area contributed by atoms with Crippen LogP contribution >= 0.6 is 0 Å². The van der Waals surface area contributed by atoms with Gasteiger partial charge in [-0.3, -0.25) is 9.59 Å². The lowest BCUT2D eigenvalue weighted by Crippen LogP contribution is -2.24. The molecule has 1 amide bonds. The molecule has 0 saturated heterocycles. The first-order valence-corrected chi connectivity index (χ1v) is 6.78. The van der Waals surface area contributed by atoms with Crippen LogP contribution < -0.4 is 10.9 Å². The molecule has 1 aromatic carbocycles. The van der Waals surface area contributed by atoms with Gasteiger partial charge < -0.3 is 14.8 Å². The van der Waals surface area contributed by atoms with Gasteiger partial charge in [0.05, 0.1) is 12.1 Å². The van der Waals surface area contributed by atoms with Crippen LogP contribution in [0.15, 0.2) is 45.8 Å². The summed E-state index contributed by atoms with van der Waals surface area (Å²) in [6, 6.07) is 5.92. The van der Waals surface area contributed by atoms with E-state index in [1.165, 1.54) is 24.4 Å². The highest BCUT2D eigenvalue weighted by Gasteiger charge is 2.18. The second-order valence-corrected chi connectivity index (χ2v) is 4.74. The van der Waals surface area contributed by atoms with Crippen molar-refractivity contribution < 1.29 is 18.1 Å². The number of H-pyrrole nitrogens is 1. The molecule has 7 nitrogen and oxygen atoms in total. The molecule has 0 aliphatic carbocycles. The van der Waals surface area contributed by atoms with Crippen molar-refractivity contribution in [3.8, 4) is 11.5 Å². The zero-order valence-corrected chi connectivity index (χ0v) is 12.0. The second kappa shape index (κ2) is 6.41. The third kappa shape index (κ3) is 3.19. The number of hydrogen-bond donors (Lipinski definition) is 2. The van der Waals surface area contributed by atoms with Gasteiger partial charge in [0, 0.05) is 12.3 Å². The first-order chi connectivity index (χ1) is 11.5. The maximum Gasteiger partial charge on any atom is 0.263 e. The lowest BCUT2D eigenvalue weighted by atomic mass is 10.2. The smallest absolute Gasteiger partial charge is 0.263 e. The van der Waals surface area contributed by atoms with Crippen molar-refractivity contribution >= 4 is 5.91 Å². The normalized spacial score (nSPS) is 10.6. The topological polar surface area (TPSA) is 101 Å². The van der Waals surface area contributed by atoms with E-state index in [4.69, 9.17) is 4.52 Å². The van der Waals surface area contributed by atoms with E-state index in [1.807, 2.05) is 0 Å². The standard InChI is InChI=1S/C15H10F2N4O3/c16-9-2-1-3-10(17)13(9)15-20-11(21-24-15)7-19-14(23)8-4-5-12(22)18-6-8/h1-6H,7H2,(H,18,22)(H,19,23). The van der Waals surface area contributed by atoms with E-state index in [-0.39, 0.29) is 29.4 Å². The molecule has 0 saturated carbocycles. The average molecular weight is 332 g/mol. The molecule has 2 N–H and O–H groups in total. The van der Waals surface area contributed by atoms with E-state index in [2.05, 4.69) is 20.4 Å². The Hall–Kier alpha value is -3.36. The van der Waals surface area contributed by atoms with Gasteiger partial charge in [-0.1, -0.05) is 11.2 Å². The van der Waals surface area contributed by atoms with Crippen LogP contribution in [0.1, 0.15) is 16.2 Å². The second-order valence-electron chi connectivity index (χ2n) is 4.74. The number of hydrogen-bond acceptors (Lipinski definition) is 5. The molecule has 24 heavy (non-hydrogen) atoms. The van der Waals surface area contributed by atoms with Crippen LogP contribution in [-0.2, 0) is 6.54 Å². The fourth-order valence-electron chi connectivity index (χ4n) is 1.94. The molecule has 0 aliphatic heterocycles. The summed E-state index contributed by atoms with van der Waals surface area (Å²) in [5.41, 5.74) is -0.525. The highest BCUT2D eigenvalue weighted by atomic mass is 19.1. The Morgan fingerprint density at radius 1 is 1.21 bits per heavy atom. The fourth-order valence-corrected chi connectivity index (χ4v) is 1.94. The first-order valence-electron chi connectivity index (χ1n) is 6.78. The van der Waals surface area contributed by atoms with E-state index < -0.39 is 23.1 Å². The van der Waals surface area contributed by atoms with Crippen molar-refractivity contribution in [3.63, 3.8) is 0 Å². The van der Waals surface area contributed by atoms with Crippen molar-refractivity contribution in [1.29, 1.82) is 0 Å². The summed E-state index contributed by atoms with van der Waals surface area (Å²) >= 11 is 0. The molecular formula is C15H10F2N4O3. The van der Waals surface area contributed by atoms with Crippen LogP contribution in [-0.4, -0.2) is 21.0 Å². The maximum atomic E-state index is 13.6. The number of carbonyl (C=O) groups excluding carboxylic acids is 1. The van der Waals surface area contributed by atoms with Gasteiger partial charge in [-0.2, -0.15) is 4.98 Å². The summed E-state index contributed by atoms with van der Waals surface area (Å²) in [5.74, 6) is -2.41. The number of carbonyl (C=O) groups is 1. The van der Waals surface area contributed by atoms with E-state index in [9.17, 15) is 18.4 Å². The van der Waals surface area contributed by atoms with Crippen molar-refractivity contribution in [2.45, 2.75) is 6.54 Å². The molecule has 3 rings (SSSR count). The third-order valence-electron chi connectivity index (χ3n) is 3.10. The van der Waals surface area contributed by atoms with Crippen molar-refractivity contribution in [2.24, 2.45) is 0 Å². The Bertz CT molecular complexity index is 911. The molecule has 0 unspecified atom stereocenters. The minimum Gasteiger partial charge on any atom is -0.345 e. The van der Waals surface area contributed by atoms with E-state index in [1.54, 1.807) is 0 Å². The van der Waals surface area contributed by atoms with Crippen molar-refractivity contribution in [2.75, 3.05) is 0 Å². The molecule has 0 aliphatic rings. The number of halogens is 2. The van der Waals surface area contributed by atoms with Crippen molar-refractivity contribution in [1.82, 2.24) is 20.4 Å². The van der Waals surface area contributed by atoms with Gasteiger partial charge in [0.1, 0.15) is 17.2 Å². The van der Waals surface area contributed by atoms with Gasteiger partial charge in [-0.15, -0.1) is 0 Å². The first kappa shape index (κ1) is 15.5. The summed E-state index contributed by atoms with van der Waals surface area (Å²) < 4.78 is 32.1. The number of nitrogens with one attached hydrogen (secondary N) is 2. The van der Waals surface area contributed by atoms with Crippen LogP contribution in [0, 0.1) is 11.6 Å². The minimum absolute atomic E-state index is 0.0467. The Balaban J connectivity index is 1.71. The molecular weight excluding hydrogens is 322 g/mol. The number of aromatic nitrogens is 3. The van der Waals surface area contributed by atoms with Gasteiger partial charge >= 0.3 is 0 Å². The SMILES string of the molecule is O=C(NCc1noc(-c2c(F)cccc2F)n1)c1ccc(=O)[nH]c1. The van der Waals surface area contributed by atoms with Gasteiger partial charge in [-0.25, -0.2) is 8.78 Å². The van der Waals surface area contributed by atoms with Crippen molar-refractivity contribution in [3.05, 3.63) is 69.9 Å². The number of nitrogens with zero attached hydrogens (tertiary/aromatic N) is 2. The Morgan fingerprint density at radius 3 is 2.62 bits per heavy atom. The summed E-state index contributed by atoms with van der Waals surface area (Å²) in [4.78, 5) is 29.0. The number of amides is 1. The predicted octanol–water partition coefficient (Wildman–Crippen LogP) is 1.63. The summed E-state index contributed by atoms with van der Waals surface area (Å²) in [6.45, 7) is -0.114. The molecule has 0 spiro atoms. The van der Waals surface area contributed by atoms with Crippen LogP contribution in [0.5, 0.6) is 0 Å². The van der Waals surface area contributed by atoms with E-state index in [0.29, 0.717) is 0 Å². The Kier molecular flexibility index (Phi) is 4.15. The van der Waals surface area contributed by atoms with Gasteiger partial charge in [0.2, 0.25) is 5.56 Å². The Morgan fingerprint density at radius 2 is 1.96 bits per heavy atom. The monoisotopic (exact) mass is 332 g/mol. The molecule has 2 aromatic heterocycles. The maximum absolute atomic E-state index is 13.6. The summed E-state index contributed by atoms with van der Waals surface area (Å²) in [5, 5.41) is 6.06. The lowest BCUT2D eigenvalue weighted by Gasteiger charge is -2.01. The predicted molar refractivity (Wildman–Crippen MR) is 77.9 cm³/mol. The molecule has 122 valence electrons. The zero-order valence-electron chi connectivity index (χ0n) is 12.0. The van der Waals surface area contributed by atoms with E-state index in [0.717, 1.165) is 12.1 Å². The van der Waals surface area contributed by atoms with Crippen LogP contribution in [0.3, 0.4) is 0 Å². The average Bonchev–Trinajstić information content (AvgIpc) is 3.02. The highest BCUT2D eigenvalue weighted by molar-refractivity contribution is 5.93. The number of rotatable bonds is 4. The summed E-state index contributed by atoms with van der Waals surface area (Å²) in [7, 11) is 0. The molecule has 0 atom stereocenters. The van der Waals surface area contributed by atoms with Crippen LogP contribution in [0.25, 0.3) is 11.5 Å². The molecule has 0 bridgehead atoms. The lowest BCUT2D eigenvalue weighted by molar-refractivity contribution is 0.0949. The van der Waals surface area contributed by atoms with E-state index >= 15 is 0 Å². The zero-order chi connectivity index (χ0) is 17.1. The molecule has 2 heterocycles. The summed E-state index contributed by atoms with van der Waals surface area (Å²) in [6.07, 6.45) is 1.26. The quantitative estimate of drug-likeness (QED) is 0.756. The van der Waals surface area contributed by atoms with Gasteiger partial charge in [0.25, 0.3) is 11.8 Å². The molecule has 3 aromatic rings. The largest absolute Gasteiger partial charge is 0.345 e. The third-order valence-corrected chi connectivity index (χ3v) is 3.10.